The van der Waals surface area contributed by atoms with Gasteiger partial charge in [-0.1, -0.05) is 68.4 Å². The molecule has 46 heavy (non-hydrogen) atoms. The number of methoxy groups -OCH3 is 2. The van der Waals surface area contributed by atoms with E-state index >= 15 is 0 Å². The number of nitrogens with one attached hydrogen (secondary N) is 2. The van der Waals surface area contributed by atoms with Crippen LogP contribution in [0.25, 0.3) is 11.4 Å². The predicted molar refractivity (Wildman–Crippen MR) is 177 cm³/mol. The number of carbonyl (C=O) groups is 2. The van der Waals surface area contributed by atoms with Crippen molar-refractivity contribution in [2.75, 3.05) is 39.2 Å². The molecule has 2 heterocycles. The Balaban J connectivity index is 1.15. The minimum absolute atomic E-state index is 0.0698. The van der Waals surface area contributed by atoms with Gasteiger partial charge in [-0.05, 0) is 66.6 Å². The van der Waals surface area contributed by atoms with Crippen LogP contribution in [0.3, 0.4) is 0 Å². The summed E-state index contributed by atoms with van der Waals surface area (Å²) in [6.07, 6.45) is 2.24. The topological polar surface area (TPSA) is 119 Å². The summed E-state index contributed by atoms with van der Waals surface area (Å²) in [7, 11) is 3.19. The standard InChI is InChI=1S/C36H43N5O5/c1-36(2,3)27-15-13-25(14-16-27)33-39-32(46-40-33)23-41-20-8-9-26(22-41)34(42)38-29-11-7-6-10-28(29)35(43)37-19-18-24-12-17-30(44-4)31(21-24)45-5/h6-7,10-17,21,26H,8-9,18-20,22-23H2,1-5H3,(H,37,43)(H,38,42). The number of amides is 2. The third-order valence-electron chi connectivity index (χ3n) is 8.29. The Bertz CT molecular complexity index is 1640. The predicted octanol–water partition coefficient (Wildman–Crippen LogP) is 5.87. The number of rotatable bonds is 11. The van der Waals surface area contributed by atoms with Gasteiger partial charge in [-0.15, -0.1) is 0 Å². The number of nitrogens with zero attached hydrogens (tertiary/aromatic N) is 3. The van der Waals surface area contributed by atoms with Crippen LogP contribution in [0.1, 0.15) is 61.0 Å². The van der Waals surface area contributed by atoms with E-state index in [1.165, 1.54) is 5.56 Å². The normalized spacial score (nSPS) is 15.3. The van der Waals surface area contributed by atoms with Crippen molar-refractivity contribution in [1.82, 2.24) is 20.4 Å². The van der Waals surface area contributed by atoms with Crippen LogP contribution in [-0.4, -0.2) is 60.7 Å². The van der Waals surface area contributed by atoms with Gasteiger partial charge in [-0.25, -0.2) is 0 Å². The molecule has 1 saturated heterocycles. The van der Waals surface area contributed by atoms with Gasteiger partial charge in [0.25, 0.3) is 5.91 Å². The second-order valence-electron chi connectivity index (χ2n) is 12.6. The Kier molecular flexibility index (Phi) is 10.4. The molecular formula is C36H43N5O5. The molecule has 0 radical (unpaired) electrons. The summed E-state index contributed by atoms with van der Waals surface area (Å²) in [6, 6.07) is 21.0. The molecular weight excluding hydrogens is 582 g/mol. The Labute approximate surface area is 270 Å². The summed E-state index contributed by atoms with van der Waals surface area (Å²) in [6.45, 7) is 8.83. The molecule has 1 aliphatic heterocycles. The van der Waals surface area contributed by atoms with Crippen LogP contribution >= 0.6 is 0 Å². The fraction of sp³-hybridized carbons (Fsp3) is 0.389. The molecule has 0 bridgehead atoms. The zero-order chi connectivity index (χ0) is 32.7. The van der Waals surface area contributed by atoms with E-state index < -0.39 is 0 Å². The molecule has 10 heteroatoms. The molecule has 5 rings (SSSR count). The van der Waals surface area contributed by atoms with E-state index in [0.29, 0.717) is 60.5 Å². The average molecular weight is 626 g/mol. The Morgan fingerprint density at radius 2 is 1.76 bits per heavy atom. The van der Waals surface area contributed by atoms with E-state index in [0.717, 1.165) is 30.5 Å². The van der Waals surface area contributed by atoms with Crippen LogP contribution in [0.15, 0.2) is 71.3 Å². The molecule has 3 aromatic carbocycles. The van der Waals surface area contributed by atoms with Crippen molar-refractivity contribution in [2.45, 2.75) is 52.0 Å². The number of anilines is 1. The lowest BCUT2D eigenvalue weighted by Gasteiger charge is -2.31. The molecule has 242 valence electrons. The van der Waals surface area contributed by atoms with Gasteiger partial charge >= 0.3 is 0 Å². The van der Waals surface area contributed by atoms with E-state index in [4.69, 9.17) is 14.0 Å². The fourth-order valence-corrected chi connectivity index (χ4v) is 5.64. The highest BCUT2D eigenvalue weighted by Crippen LogP contribution is 2.28. The molecule has 1 fully saturated rings. The van der Waals surface area contributed by atoms with E-state index in [9.17, 15) is 9.59 Å². The van der Waals surface area contributed by atoms with Gasteiger partial charge in [0, 0.05) is 18.7 Å². The van der Waals surface area contributed by atoms with E-state index in [-0.39, 0.29) is 23.1 Å². The maximum absolute atomic E-state index is 13.4. The van der Waals surface area contributed by atoms with Gasteiger partial charge in [0.15, 0.2) is 11.5 Å². The molecule has 0 spiro atoms. The number of hydrogen-bond donors (Lipinski definition) is 2. The number of benzene rings is 3. The summed E-state index contributed by atoms with van der Waals surface area (Å²) >= 11 is 0. The van der Waals surface area contributed by atoms with E-state index in [1.807, 2.05) is 36.4 Å². The van der Waals surface area contributed by atoms with Crippen LogP contribution in [0.2, 0.25) is 0 Å². The molecule has 0 aliphatic carbocycles. The molecule has 2 amide bonds. The summed E-state index contributed by atoms with van der Waals surface area (Å²) in [5, 5.41) is 10.2. The van der Waals surface area contributed by atoms with Gasteiger partial charge < -0.3 is 24.6 Å². The molecule has 1 unspecified atom stereocenters. The summed E-state index contributed by atoms with van der Waals surface area (Å²) < 4.78 is 16.2. The van der Waals surface area contributed by atoms with Crippen molar-refractivity contribution in [1.29, 1.82) is 0 Å². The van der Waals surface area contributed by atoms with Crippen LogP contribution in [0.4, 0.5) is 5.69 Å². The maximum atomic E-state index is 13.4. The monoisotopic (exact) mass is 625 g/mol. The molecule has 2 N–H and O–H groups in total. The fourth-order valence-electron chi connectivity index (χ4n) is 5.64. The molecule has 10 nitrogen and oxygen atoms in total. The van der Waals surface area contributed by atoms with Crippen molar-refractivity contribution in [2.24, 2.45) is 5.92 Å². The third kappa shape index (κ3) is 8.11. The maximum Gasteiger partial charge on any atom is 0.253 e. The Morgan fingerprint density at radius 3 is 2.50 bits per heavy atom. The summed E-state index contributed by atoms with van der Waals surface area (Å²) in [4.78, 5) is 33.3. The number of likely N-dealkylation sites (tertiary alicyclic amines) is 1. The van der Waals surface area contributed by atoms with Gasteiger partial charge in [0.2, 0.25) is 17.6 Å². The third-order valence-corrected chi connectivity index (χ3v) is 8.29. The lowest BCUT2D eigenvalue weighted by atomic mass is 9.87. The SMILES string of the molecule is COc1ccc(CCNC(=O)c2ccccc2NC(=O)C2CCCN(Cc3nc(-c4ccc(C(C)(C)C)cc4)no3)C2)cc1OC. The van der Waals surface area contributed by atoms with E-state index in [2.05, 4.69) is 58.6 Å². The Morgan fingerprint density at radius 1 is 1.00 bits per heavy atom. The van der Waals surface area contributed by atoms with Crippen LogP contribution in [-0.2, 0) is 23.2 Å². The second-order valence-corrected chi connectivity index (χ2v) is 12.6. The lowest BCUT2D eigenvalue weighted by Crippen LogP contribution is -2.40. The summed E-state index contributed by atoms with van der Waals surface area (Å²) in [5.74, 6) is 1.78. The number of ether oxygens (including phenoxy) is 2. The zero-order valence-corrected chi connectivity index (χ0v) is 27.3. The van der Waals surface area contributed by atoms with Gasteiger partial charge in [-0.2, -0.15) is 4.98 Å². The first-order chi connectivity index (χ1) is 22.1. The number of para-hydroxylation sites is 1. The first kappa shape index (κ1) is 32.7. The number of carbonyl (C=O) groups excluding carboxylic acids is 2. The number of piperidine rings is 1. The summed E-state index contributed by atoms with van der Waals surface area (Å²) in [5.41, 5.74) is 4.14. The molecule has 1 aliphatic rings. The van der Waals surface area contributed by atoms with Crippen LogP contribution in [0.5, 0.6) is 11.5 Å². The van der Waals surface area contributed by atoms with Gasteiger partial charge in [-0.3, -0.25) is 14.5 Å². The van der Waals surface area contributed by atoms with Crippen molar-refractivity contribution in [3.63, 3.8) is 0 Å². The lowest BCUT2D eigenvalue weighted by molar-refractivity contribution is -0.121. The van der Waals surface area contributed by atoms with Crippen molar-refractivity contribution in [3.05, 3.63) is 89.3 Å². The average Bonchev–Trinajstić information content (AvgIpc) is 3.53. The largest absolute Gasteiger partial charge is 0.493 e. The minimum Gasteiger partial charge on any atom is -0.493 e. The first-order valence-electron chi connectivity index (χ1n) is 15.7. The number of hydrogen-bond acceptors (Lipinski definition) is 8. The van der Waals surface area contributed by atoms with Crippen molar-refractivity contribution >= 4 is 17.5 Å². The van der Waals surface area contributed by atoms with Gasteiger partial charge in [0.1, 0.15) is 0 Å². The molecule has 4 aromatic rings. The molecule has 0 saturated carbocycles. The van der Waals surface area contributed by atoms with Crippen molar-refractivity contribution in [3.8, 4) is 22.9 Å². The Hall–Kier alpha value is -4.70. The van der Waals surface area contributed by atoms with Gasteiger partial charge in [0.05, 0.1) is 37.9 Å². The molecule has 1 atom stereocenters. The van der Waals surface area contributed by atoms with Crippen LogP contribution < -0.4 is 20.1 Å². The molecule has 1 aromatic heterocycles. The van der Waals surface area contributed by atoms with Crippen LogP contribution in [0, 0.1) is 5.92 Å². The second kappa shape index (κ2) is 14.6. The zero-order valence-electron chi connectivity index (χ0n) is 27.3. The quantitative estimate of drug-likeness (QED) is 0.212. The van der Waals surface area contributed by atoms with Crippen molar-refractivity contribution < 1.29 is 23.6 Å². The van der Waals surface area contributed by atoms with E-state index in [1.54, 1.807) is 32.4 Å². The smallest absolute Gasteiger partial charge is 0.253 e. The first-order valence-corrected chi connectivity index (χ1v) is 15.7. The highest BCUT2D eigenvalue weighted by Gasteiger charge is 2.28. The highest BCUT2D eigenvalue weighted by molar-refractivity contribution is 6.04. The number of aromatic nitrogens is 2. The minimum atomic E-state index is -0.248. The highest BCUT2D eigenvalue weighted by atomic mass is 16.5.